The molecule has 0 bridgehead atoms. The van der Waals surface area contributed by atoms with Crippen molar-refractivity contribution in [2.75, 3.05) is 79.0 Å². The van der Waals surface area contributed by atoms with Gasteiger partial charge in [-0.1, -0.05) is 131 Å². The second-order valence-corrected chi connectivity index (χ2v) is 13.7. The van der Waals surface area contributed by atoms with Crippen LogP contribution < -0.4 is 21.3 Å². The third kappa shape index (κ3) is 53.2. The van der Waals surface area contributed by atoms with Gasteiger partial charge in [-0.2, -0.15) is 0 Å². The molecule has 344 valence electrons. The highest BCUT2D eigenvalue weighted by molar-refractivity contribution is 5.78. The number of carbonyl (C=O) groups excluding carboxylic acids is 4. The molecule has 0 aliphatic heterocycles. The minimum Gasteiger partial charge on any atom is -0.481 e. The van der Waals surface area contributed by atoms with Crippen molar-refractivity contribution in [1.29, 1.82) is 0 Å². The van der Waals surface area contributed by atoms with E-state index in [2.05, 4.69) is 28.2 Å². The van der Waals surface area contributed by atoms with E-state index in [9.17, 15) is 24.0 Å². The molecule has 58 heavy (non-hydrogen) atoms. The zero-order chi connectivity index (χ0) is 43.6. The van der Waals surface area contributed by atoms with Crippen LogP contribution in [0.3, 0.4) is 0 Å². The zero-order valence-corrected chi connectivity index (χ0v) is 37.7. The molecule has 0 aromatic heterocycles. The van der Waals surface area contributed by atoms with Gasteiger partial charge in [0, 0.05) is 45.4 Å². The number of carbonyl (C=O) groups is 5. The fraction of sp³-hybridized carbons (Fsp3) is 0.886. The van der Waals surface area contributed by atoms with E-state index in [1.165, 1.54) is 70.6 Å². The zero-order valence-electron chi connectivity index (χ0n) is 37.7. The Hall–Kier alpha value is -2.81. The van der Waals surface area contributed by atoms with E-state index in [0.717, 1.165) is 44.9 Å². The fourth-order valence-corrected chi connectivity index (χ4v) is 5.49. The molecule has 0 rings (SSSR count). The summed E-state index contributed by atoms with van der Waals surface area (Å²) in [6, 6.07) is 0. The maximum atomic E-state index is 12.1. The van der Waals surface area contributed by atoms with Crippen LogP contribution in [0.1, 0.15) is 176 Å². The molecule has 0 radical (unpaired) electrons. The van der Waals surface area contributed by atoms with Crippen LogP contribution in [0.2, 0.25) is 0 Å². The summed E-state index contributed by atoms with van der Waals surface area (Å²) in [5, 5.41) is 19.8. The molecule has 0 saturated carbocycles. The van der Waals surface area contributed by atoms with E-state index < -0.39 is 5.97 Å². The Morgan fingerprint density at radius 2 is 0.672 bits per heavy atom. The summed E-state index contributed by atoms with van der Waals surface area (Å²) >= 11 is 0. The van der Waals surface area contributed by atoms with Crippen molar-refractivity contribution in [3.63, 3.8) is 0 Å². The Bertz CT molecular complexity index is 927. The maximum absolute atomic E-state index is 12.1. The fourth-order valence-electron chi connectivity index (χ4n) is 5.49. The summed E-state index contributed by atoms with van der Waals surface area (Å²) in [5.41, 5.74) is 0. The quantitative estimate of drug-likeness (QED) is 0.0392. The molecule has 0 heterocycles. The Balaban J connectivity index is -0.00000731. The Morgan fingerprint density at radius 1 is 0.362 bits per heavy atom. The van der Waals surface area contributed by atoms with Gasteiger partial charge in [-0.15, -0.1) is 0 Å². The average molecular weight is 833 g/mol. The molecule has 0 unspecified atom stereocenters. The van der Waals surface area contributed by atoms with E-state index in [-0.39, 0.29) is 43.4 Å². The summed E-state index contributed by atoms with van der Waals surface area (Å²) in [4.78, 5) is 57.9. The predicted molar refractivity (Wildman–Crippen MR) is 233 cm³/mol. The van der Waals surface area contributed by atoms with Crippen molar-refractivity contribution < 1.29 is 48.0 Å². The third-order valence-electron chi connectivity index (χ3n) is 8.65. The minimum absolute atomic E-state index is 0.00985. The van der Waals surface area contributed by atoms with Crippen LogP contribution in [0.25, 0.3) is 0 Å². The largest absolute Gasteiger partial charge is 0.481 e. The lowest BCUT2D eigenvalue weighted by Crippen LogP contribution is -2.32. The number of unbranched alkanes of at least 4 members (excludes halogenated alkanes) is 16. The van der Waals surface area contributed by atoms with Crippen LogP contribution in [0.4, 0.5) is 0 Å². The number of carboxylic acid groups (broad SMARTS) is 1. The topological polar surface area (TPSA) is 191 Å². The number of hydrogen-bond acceptors (Lipinski definition) is 9. The summed E-state index contributed by atoms with van der Waals surface area (Å²) < 4.78 is 21.3. The number of aliphatic carboxylic acids is 1. The van der Waals surface area contributed by atoms with E-state index in [0.29, 0.717) is 84.9 Å². The molecule has 4 amide bonds. The monoisotopic (exact) mass is 833 g/mol. The SMILES string of the molecule is CC.CC.CCCCNC(=O)COCCOCCNC(=O)COCCOCCNC(=O)CCCNC(=O)CCCCCCCCCCCCCCCCCCC(=O)O. The second kappa shape index (κ2) is 52.2. The molecule has 0 spiro atoms. The molecular weight excluding hydrogens is 745 g/mol. The Kier molecular flexibility index (Phi) is 53.6. The van der Waals surface area contributed by atoms with Crippen molar-refractivity contribution in [2.24, 2.45) is 0 Å². The van der Waals surface area contributed by atoms with Crippen LogP contribution in [-0.2, 0) is 42.9 Å². The molecule has 0 aromatic carbocycles. The highest BCUT2D eigenvalue weighted by Crippen LogP contribution is 2.14. The first kappa shape index (κ1) is 59.5. The number of amides is 4. The van der Waals surface area contributed by atoms with Gasteiger partial charge in [0.05, 0.1) is 39.6 Å². The molecular formula is C44H88N4O10. The molecule has 0 fully saturated rings. The van der Waals surface area contributed by atoms with Crippen LogP contribution in [0.15, 0.2) is 0 Å². The molecule has 0 aliphatic rings. The van der Waals surface area contributed by atoms with E-state index in [4.69, 9.17) is 24.1 Å². The minimum atomic E-state index is -0.686. The van der Waals surface area contributed by atoms with E-state index >= 15 is 0 Å². The highest BCUT2D eigenvalue weighted by atomic mass is 16.5. The van der Waals surface area contributed by atoms with Gasteiger partial charge >= 0.3 is 5.97 Å². The average Bonchev–Trinajstić information content (AvgIpc) is 3.22. The first-order valence-corrected chi connectivity index (χ1v) is 22.9. The maximum Gasteiger partial charge on any atom is 0.303 e. The summed E-state index contributed by atoms with van der Waals surface area (Å²) in [6.45, 7) is 13.7. The molecule has 0 atom stereocenters. The smallest absolute Gasteiger partial charge is 0.303 e. The number of nitrogens with one attached hydrogen (secondary N) is 4. The number of ether oxygens (including phenoxy) is 4. The summed E-state index contributed by atoms with van der Waals surface area (Å²) in [5.74, 6) is -1.11. The van der Waals surface area contributed by atoms with Crippen molar-refractivity contribution in [3.8, 4) is 0 Å². The Morgan fingerprint density at radius 3 is 1.09 bits per heavy atom. The first-order chi connectivity index (χ1) is 28.3. The molecule has 0 aliphatic carbocycles. The van der Waals surface area contributed by atoms with Gasteiger partial charge in [-0.05, 0) is 25.7 Å². The van der Waals surface area contributed by atoms with Crippen LogP contribution in [-0.4, -0.2) is 114 Å². The number of carboxylic acids is 1. The van der Waals surface area contributed by atoms with Crippen LogP contribution in [0, 0.1) is 0 Å². The van der Waals surface area contributed by atoms with E-state index in [1.54, 1.807) is 0 Å². The van der Waals surface area contributed by atoms with Gasteiger partial charge in [-0.3, -0.25) is 24.0 Å². The lowest BCUT2D eigenvalue weighted by Gasteiger charge is -2.09. The van der Waals surface area contributed by atoms with Gasteiger partial charge in [0.15, 0.2) is 0 Å². The predicted octanol–water partition coefficient (Wildman–Crippen LogP) is 7.26. The summed E-state index contributed by atoms with van der Waals surface area (Å²) in [6.07, 6.45) is 22.7. The first-order valence-electron chi connectivity index (χ1n) is 22.9. The van der Waals surface area contributed by atoms with Gasteiger partial charge in [0.1, 0.15) is 13.2 Å². The summed E-state index contributed by atoms with van der Waals surface area (Å²) in [7, 11) is 0. The molecule has 14 heteroatoms. The van der Waals surface area contributed by atoms with Crippen LogP contribution >= 0.6 is 0 Å². The van der Waals surface area contributed by atoms with E-state index in [1.807, 2.05) is 27.7 Å². The lowest BCUT2D eigenvalue weighted by molar-refractivity contribution is -0.137. The van der Waals surface area contributed by atoms with Gasteiger partial charge in [-0.25, -0.2) is 0 Å². The molecule has 14 nitrogen and oxygen atoms in total. The molecule has 0 saturated heterocycles. The van der Waals surface area contributed by atoms with Gasteiger partial charge < -0.3 is 45.3 Å². The lowest BCUT2D eigenvalue weighted by atomic mass is 10.0. The highest BCUT2D eigenvalue weighted by Gasteiger charge is 2.05. The Labute approximate surface area is 353 Å². The standard InChI is InChI=1S/C40H76N4O10.2C2H6/c1-2-3-24-42-38(47)34-53-32-31-52-29-27-44-39(48)35-54-33-30-51-28-26-43-37(46)22-20-25-41-36(45)21-18-16-14-12-10-8-6-4-5-7-9-11-13-15-17-19-23-40(49)50;2*1-2/h2-35H2,1H3,(H,41,45)(H,42,47)(H,43,46)(H,44,48)(H,49,50);2*1-2H3. The third-order valence-corrected chi connectivity index (χ3v) is 8.65. The second-order valence-electron chi connectivity index (χ2n) is 13.7. The number of rotatable bonds is 42. The molecule has 0 aromatic rings. The molecule has 5 N–H and O–H groups in total. The van der Waals surface area contributed by atoms with Crippen molar-refractivity contribution >= 4 is 29.6 Å². The van der Waals surface area contributed by atoms with Crippen LogP contribution in [0.5, 0.6) is 0 Å². The normalized spacial score (nSPS) is 10.4. The van der Waals surface area contributed by atoms with Crippen molar-refractivity contribution in [3.05, 3.63) is 0 Å². The van der Waals surface area contributed by atoms with Gasteiger partial charge in [0.25, 0.3) is 0 Å². The van der Waals surface area contributed by atoms with Crippen molar-refractivity contribution in [1.82, 2.24) is 21.3 Å². The number of hydrogen-bond donors (Lipinski definition) is 5. The van der Waals surface area contributed by atoms with Gasteiger partial charge in [0.2, 0.25) is 23.6 Å². The van der Waals surface area contributed by atoms with Crippen molar-refractivity contribution in [2.45, 2.75) is 176 Å².